The average molecular weight is 238 g/mol. The Kier molecular flexibility index (Phi) is 4.75. The van der Waals surface area contributed by atoms with E-state index in [4.69, 9.17) is 10.2 Å². The Hall–Kier alpha value is -1.29. The minimum Gasteiger partial charge on any atom is -0.472 e. The highest BCUT2D eigenvalue weighted by Gasteiger charge is 2.24. The van der Waals surface area contributed by atoms with Crippen LogP contribution in [0.5, 0.6) is 0 Å². The van der Waals surface area contributed by atoms with Crippen LogP contribution in [0.1, 0.15) is 37.6 Å². The fourth-order valence-corrected chi connectivity index (χ4v) is 1.67. The smallest absolute Gasteiger partial charge is 0.257 e. The van der Waals surface area contributed by atoms with Gasteiger partial charge in [-0.15, -0.1) is 0 Å². The molecule has 0 unspecified atom stereocenters. The first-order valence-electron chi connectivity index (χ1n) is 6.01. The topological polar surface area (TPSA) is 59.5 Å². The van der Waals surface area contributed by atoms with E-state index in [-0.39, 0.29) is 11.3 Å². The largest absolute Gasteiger partial charge is 0.472 e. The fourth-order valence-electron chi connectivity index (χ4n) is 1.67. The number of furan rings is 1. The molecule has 1 heterocycles. The molecule has 17 heavy (non-hydrogen) atoms. The van der Waals surface area contributed by atoms with Gasteiger partial charge in [0.2, 0.25) is 0 Å². The highest BCUT2D eigenvalue weighted by atomic mass is 16.3. The first kappa shape index (κ1) is 13.8. The van der Waals surface area contributed by atoms with Crippen molar-refractivity contribution in [2.24, 2.45) is 11.1 Å². The summed E-state index contributed by atoms with van der Waals surface area (Å²) >= 11 is 0. The third kappa shape index (κ3) is 3.89. The zero-order chi connectivity index (χ0) is 12.9. The number of amides is 1. The average Bonchev–Trinajstić information content (AvgIpc) is 2.81. The molecule has 1 aromatic rings. The molecule has 4 nitrogen and oxygen atoms in total. The van der Waals surface area contributed by atoms with Crippen molar-refractivity contribution in [3.05, 3.63) is 24.2 Å². The molecule has 0 aliphatic rings. The summed E-state index contributed by atoms with van der Waals surface area (Å²) in [6.07, 6.45) is 3.94. The van der Waals surface area contributed by atoms with E-state index < -0.39 is 0 Å². The van der Waals surface area contributed by atoms with Crippen LogP contribution in [0.3, 0.4) is 0 Å². The highest BCUT2D eigenvalue weighted by molar-refractivity contribution is 5.93. The third-order valence-electron chi connectivity index (χ3n) is 2.72. The van der Waals surface area contributed by atoms with Crippen molar-refractivity contribution in [3.8, 4) is 0 Å². The van der Waals surface area contributed by atoms with Crippen LogP contribution in [0.25, 0.3) is 0 Å². The van der Waals surface area contributed by atoms with Crippen molar-refractivity contribution in [2.45, 2.75) is 27.2 Å². The van der Waals surface area contributed by atoms with Gasteiger partial charge in [0.1, 0.15) is 6.26 Å². The summed E-state index contributed by atoms with van der Waals surface area (Å²) < 4.78 is 4.95. The molecule has 1 rings (SSSR count). The van der Waals surface area contributed by atoms with Gasteiger partial charge >= 0.3 is 0 Å². The molecule has 0 fully saturated rings. The van der Waals surface area contributed by atoms with E-state index in [2.05, 4.69) is 20.8 Å². The number of carbonyl (C=O) groups is 1. The van der Waals surface area contributed by atoms with Gasteiger partial charge in [-0.05, 0) is 24.4 Å². The van der Waals surface area contributed by atoms with Crippen molar-refractivity contribution in [1.29, 1.82) is 0 Å². The van der Waals surface area contributed by atoms with Crippen molar-refractivity contribution >= 4 is 5.91 Å². The van der Waals surface area contributed by atoms with Crippen LogP contribution in [-0.4, -0.2) is 30.4 Å². The summed E-state index contributed by atoms with van der Waals surface area (Å²) in [5, 5.41) is 0. The van der Waals surface area contributed by atoms with Gasteiger partial charge in [0.25, 0.3) is 5.91 Å². The lowest BCUT2D eigenvalue weighted by molar-refractivity contribution is 0.0689. The summed E-state index contributed by atoms with van der Waals surface area (Å²) in [4.78, 5) is 14.1. The molecule has 0 saturated heterocycles. The van der Waals surface area contributed by atoms with E-state index in [9.17, 15) is 4.79 Å². The summed E-state index contributed by atoms with van der Waals surface area (Å²) in [7, 11) is 0. The van der Waals surface area contributed by atoms with E-state index in [0.717, 1.165) is 13.0 Å². The molecule has 1 amide bonds. The van der Waals surface area contributed by atoms with Gasteiger partial charge in [0.05, 0.1) is 11.8 Å². The standard InChI is InChI=1S/C13H22N2O2/c1-4-6-15(10-13(2,3)9-14)12(16)11-5-7-17-8-11/h5,7-8H,4,6,9-10,14H2,1-3H3. The summed E-state index contributed by atoms with van der Waals surface area (Å²) in [6.45, 7) is 8.17. The van der Waals surface area contributed by atoms with Gasteiger partial charge in [-0.3, -0.25) is 4.79 Å². The Bertz CT molecular complexity index is 344. The Morgan fingerprint density at radius 1 is 1.53 bits per heavy atom. The van der Waals surface area contributed by atoms with Crippen molar-refractivity contribution in [2.75, 3.05) is 19.6 Å². The van der Waals surface area contributed by atoms with E-state index in [1.165, 1.54) is 12.5 Å². The molecule has 0 aromatic carbocycles. The quantitative estimate of drug-likeness (QED) is 0.825. The minimum atomic E-state index is -0.0609. The van der Waals surface area contributed by atoms with Crippen LogP contribution < -0.4 is 5.73 Å². The maximum Gasteiger partial charge on any atom is 0.257 e. The second-order valence-electron chi connectivity index (χ2n) is 5.11. The molecule has 0 atom stereocenters. The molecule has 4 heteroatoms. The Labute approximate surface area is 103 Å². The summed E-state index contributed by atoms with van der Waals surface area (Å²) in [5.41, 5.74) is 6.26. The van der Waals surface area contributed by atoms with E-state index >= 15 is 0 Å². The summed E-state index contributed by atoms with van der Waals surface area (Å²) in [5.74, 6) is 0.0159. The highest BCUT2D eigenvalue weighted by Crippen LogP contribution is 2.17. The number of hydrogen-bond donors (Lipinski definition) is 1. The van der Waals surface area contributed by atoms with Crippen LogP contribution in [0.2, 0.25) is 0 Å². The van der Waals surface area contributed by atoms with E-state index in [0.29, 0.717) is 18.7 Å². The van der Waals surface area contributed by atoms with Crippen LogP contribution >= 0.6 is 0 Å². The molecule has 1 aromatic heterocycles. The molecule has 0 saturated carbocycles. The molecule has 2 N–H and O–H groups in total. The molecule has 0 bridgehead atoms. The number of rotatable bonds is 6. The zero-order valence-corrected chi connectivity index (χ0v) is 10.9. The normalized spacial score (nSPS) is 11.5. The number of nitrogens with zero attached hydrogens (tertiary/aromatic N) is 1. The third-order valence-corrected chi connectivity index (χ3v) is 2.72. The van der Waals surface area contributed by atoms with Crippen LogP contribution in [0, 0.1) is 5.41 Å². The lowest BCUT2D eigenvalue weighted by Gasteiger charge is -2.31. The second-order valence-corrected chi connectivity index (χ2v) is 5.11. The number of nitrogens with two attached hydrogens (primary N) is 1. The molecule has 0 aliphatic carbocycles. The van der Waals surface area contributed by atoms with Crippen LogP contribution in [0.4, 0.5) is 0 Å². The SMILES string of the molecule is CCCN(CC(C)(C)CN)C(=O)c1ccoc1. The predicted molar refractivity (Wildman–Crippen MR) is 67.7 cm³/mol. The first-order chi connectivity index (χ1) is 8.00. The first-order valence-corrected chi connectivity index (χ1v) is 6.01. The monoisotopic (exact) mass is 238 g/mol. The van der Waals surface area contributed by atoms with Gasteiger partial charge < -0.3 is 15.1 Å². The lowest BCUT2D eigenvalue weighted by Crippen LogP contribution is -2.42. The molecule has 0 radical (unpaired) electrons. The molecule has 0 aliphatic heterocycles. The van der Waals surface area contributed by atoms with Gasteiger partial charge in [0, 0.05) is 13.1 Å². The Morgan fingerprint density at radius 3 is 2.71 bits per heavy atom. The van der Waals surface area contributed by atoms with Crippen molar-refractivity contribution in [1.82, 2.24) is 4.90 Å². The van der Waals surface area contributed by atoms with Gasteiger partial charge in [-0.25, -0.2) is 0 Å². The van der Waals surface area contributed by atoms with E-state index in [1.807, 2.05) is 4.90 Å². The maximum absolute atomic E-state index is 12.2. The van der Waals surface area contributed by atoms with Crippen molar-refractivity contribution < 1.29 is 9.21 Å². The Morgan fingerprint density at radius 2 is 2.24 bits per heavy atom. The summed E-state index contributed by atoms with van der Waals surface area (Å²) in [6, 6.07) is 1.69. The van der Waals surface area contributed by atoms with Crippen LogP contribution in [-0.2, 0) is 0 Å². The number of carbonyl (C=O) groups excluding carboxylic acids is 1. The maximum atomic E-state index is 12.2. The fraction of sp³-hybridized carbons (Fsp3) is 0.615. The molecular formula is C13H22N2O2. The predicted octanol–water partition coefficient (Wildman–Crippen LogP) is 2.12. The van der Waals surface area contributed by atoms with Gasteiger partial charge in [0.15, 0.2) is 0 Å². The zero-order valence-electron chi connectivity index (χ0n) is 10.9. The molecule has 0 spiro atoms. The van der Waals surface area contributed by atoms with E-state index in [1.54, 1.807) is 6.07 Å². The molecule has 96 valence electrons. The minimum absolute atomic E-state index is 0.0159. The number of hydrogen-bond acceptors (Lipinski definition) is 3. The second kappa shape index (κ2) is 5.87. The lowest BCUT2D eigenvalue weighted by atomic mass is 9.93. The Balaban J connectivity index is 2.75. The van der Waals surface area contributed by atoms with Gasteiger partial charge in [-0.1, -0.05) is 20.8 Å². The molecular weight excluding hydrogens is 216 g/mol. The van der Waals surface area contributed by atoms with Crippen LogP contribution in [0.15, 0.2) is 23.0 Å². The van der Waals surface area contributed by atoms with Gasteiger partial charge in [-0.2, -0.15) is 0 Å². The van der Waals surface area contributed by atoms with Crippen molar-refractivity contribution in [3.63, 3.8) is 0 Å².